The molecule has 0 aromatic heterocycles. The lowest BCUT2D eigenvalue weighted by molar-refractivity contribution is -0.145. The van der Waals surface area contributed by atoms with Gasteiger partial charge in [-0.1, -0.05) is 19.1 Å². The van der Waals surface area contributed by atoms with E-state index in [1.807, 2.05) is 25.1 Å². The Morgan fingerprint density at radius 2 is 2.05 bits per heavy atom. The van der Waals surface area contributed by atoms with Crippen molar-refractivity contribution in [1.29, 1.82) is 0 Å². The summed E-state index contributed by atoms with van der Waals surface area (Å²) in [6.07, 6.45) is 0.330. The van der Waals surface area contributed by atoms with Gasteiger partial charge in [-0.05, 0) is 17.9 Å². The Bertz CT molecular complexity index is 549. The number of hydrogen-bond donors (Lipinski definition) is 0. The van der Waals surface area contributed by atoms with E-state index in [4.69, 9.17) is 9.47 Å². The molecule has 0 saturated carbocycles. The fourth-order valence-corrected chi connectivity index (χ4v) is 3.43. The fourth-order valence-electron chi connectivity index (χ4n) is 2.63. The predicted octanol–water partition coefficient (Wildman–Crippen LogP) is 2.20. The Hall–Kier alpha value is -1.53. The maximum Gasteiger partial charge on any atom is 0.328 e. The van der Waals surface area contributed by atoms with E-state index in [9.17, 15) is 9.59 Å². The van der Waals surface area contributed by atoms with Gasteiger partial charge in [-0.3, -0.25) is 4.79 Å². The molecule has 120 valence electrons. The van der Waals surface area contributed by atoms with Crippen LogP contribution in [0.25, 0.3) is 0 Å². The molecule has 2 atom stereocenters. The number of likely N-dealkylation sites (tertiary alicyclic amines) is 1. The number of ether oxygens (including phenoxy) is 2. The third kappa shape index (κ3) is 3.44. The highest BCUT2D eigenvalue weighted by molar-refractivity contribution is 7.99. The quantitative estimate of drug-likeness (QED) is 0.614. The Labute approximate surface area is 135 Å². The average Bonchev–Trinajstić information content (AvgIpc) is 2.98. The molecule has 22 heavy (non-hydrogen) atoms. The van der Waals surface area contributed by atoms with E-state index >= 15 is 0 Å². The molecule has 1 saturated heterocycles. The van der Waals surface area contributed by atoms with Crippen LogP contribution in [0.4, 0.5) is 0 Å². The Morgan fingerprint density at radius 1 is 1.32 bits per heavy atom. The normalized spacial score (nSPS) is 21.0. The van der Waals surface area contributed by atoms with Gasteiger partial charge < -0.3 is 14.4 Å². The SMILES string of the molecule is CCSc1ccccc1C(=O)N1C[C@H](OC)C[C@@H]1C(=O)OC. The number of rotatable bonds is 5. The van der Waals surface area contributed by atoms with Crippen LogP contribution in [0.15, 0.2) is 29.2 Å². The van der Waals surface area contributed by atoms with E-state index in [1.54, 1.807) is 29.8 Å². The molecule has 2 rings (SSSR count). The molecule has 0 spiro atoms. The number of thioether (sulfide) groups is 1. The maximum absolute atomic E-state index is 12.9. The van der Waals surface area contributed by atoms with Crippen molar-refractivity contribution in [2.45, 2.75) is 30.4 Å². The Balaban J connectivity index is 2.28. The van der Waals surface area contributed by atoms with Gasteiger partial charge in [0.1, 0.15) is 6.04 Å². The summed E-state index contributed by atoms with van der Waals surface area (Å²) in [5.41, 5.74) is 0.625. The van der Waals surface area contributed by atoms with Crippen molar-refractivity contribution in [3.05, 3.63) is 29.8 Å². The van der Waals surface area contributed by atoms with Crippen LogP contribution in [0.1, 0.15) is 23.7 Å². The Kier molecular flexibility index (Phi) is 5.85. The van der Waals surface area contributed by atoms with Crippen molar-refractivity contribution in [1.82, 2.24) is 4.90 Å². The first kappa shape index (κ1) is 16.8. The molecule has 6 heteroatoms. The van der Waals surface area contributed by atoms with Gasteiger partial charge in [0.25, 0.3) is 5.91 Å². The van der Waals surface area contributed by atoms with E-state index in [1.165, 1.54) is 7.11 Å². The molecule has 1 aliphatic rings. The van der Waals surface area contributed by atoms with Crippen LogP contribution < -0.4 is 0 Å². The zero-order valence-corrected chi connectivity index (χ0v) is 13.9. The van der Waals surface area contributed by atoms with Crippen LogP contribution >= 0.6 is 11.8 Å². The van der Waals surface area contributed by atoms with Crippen LogP contribution in [0.3, 0.4) is 0 Å². The molecule has 5 nitrogen and oxygen atoms in total. The van der Waals surface area contributed by atoms with Crippen LogP contribution in [0, 0.1) is 0 Å². The first-order valence-electron chi connectivity index (χ1n) is 7.25. The zero-order chi connectivity index (χ0) is 16.1. The summed E-state index contributed by atoms with van der Waals surface area (Å²) in [6, 6.07) is 6.90. The number of esters is 1. The number of methoxy groups -OCH3 is 2. The second-order valence-electron chi connectivity index (χ2n) is 5.02. The molecule has 1 aromatic rings. The molecule has 0 radical (unpaired) electrons. The molecule has 1 heterocycles. The van der Waals surface area contributed by atoms with E-state index in [0.29, 0.717) is 18.5 Å². The molecule has 1 aliphatic heterocycles. The van der Waals surface area contributed by atoms with Gasteiger partial charge in [0.15, 0.2) is 0 Å². The molecule has 0 unspecified atom stereocenters. The molecule has 0 N–H and O–H groups in total. The van der Waals surface area contributed by atoms with Gasteiger partial charge in [0.05, 0.1) is 18.8 Å². The van der Waals surface area contributed by atoms with Gasteiger partial charge in [-0.25, -0.2) is 4.79 Å². The van der Waals surface area contributed by atoms with Crippen molar-refractivity contribution >= 4 is 23.6 Å². The Morgan fingerprint density at radius 3 is 2.68 bits per heavy atom. The van der Waals surface area contributed by atoms with Crippen LogP contribution in [0.2, 0.25) is 0 Å². The van der Waals surface area contributed by atoms with E-state index in [2.05, 4.69) is 0 Å². The summed E-state index contributed by atoms with van der Waals surface area (Å²) >= 11 is 1.62. The second kappa shape index (κ2) is 7.65. The van der Waals surface area contributed by atoms with Crippen LogP contribution in [0.5, 0.6) is 0 Å². The third-order valence-corrected chi connectivity index (χ3v) is 4.70. The molecular formula is C16H21NO4S. The first-order valence-corrected chi connectivity index (χ1v) is 8.24. The molecule has 1 aromatic carbocycles. The topological polar surface area (TPSA) is 55.8 Å². The lowest BCUT2D eigenvalue weighted by Gasteiger charge is -2.23. The second-order valence-corrected chi connectivity index (χ2v) is 6.32. The number of benzene rings is 1. The zero-order valence-electron chi connectivity index (χ0n) is 13.1. The number of nitrogens with zero attached hydrogens (tertiary/aromatic N) is 1. The first-order chi connectivity index (χ1) is 10.6. The highest BCUT2D eigenvalue weighted by atomic mass is 32.2. The summed E-state index contributed by atoms with van der Waals surface area (Å²) in [6.45, 7) is 2.44. The largest absolute Gasteiger partial charge is 0.467 e. The number of carbonyl (C=O) groups excluding carboxylic acids is 2. The highest BCUT2D eigenvalue weighted by Crippen LogP contribution is 2.28. The van der Waals surface area contributed by atoms with Crippen molar-refractivity contribution in [2.75, 3.05) is 26.5 Å². The predicted molar refractivity (Wildman–Crippen MR) is 85.1 cm³/mol. The molecule has 1 amide bonds. The van der Waals surface area contributed by atoms with Crippen molar-refractivity contribution in [3.63, 3.8) is 0 Å². The fraction of sp³-hybridized carbons (Fsp3) is 0.500. The summed E-state index contributed by atoms with van der Waals surface area (Å²) < 4.78 is 10.2. The standard InChI is InChI=1S/C16H21NO4S/c1-4-22-14-8-6-5-7-12(14)15(18)17-10-11(20-2)9-13(17)16(19)21-3/h5-8,11,13H,4,9-10H2,1-3H3/t11-,13-/m1/s1. The minimum atomic E-state index is -0.581. The molecule has 0 bridgehead atoms. The number of amides is 1. The van der Waals surface area contributed by atoms with E-state index in [0.717, 1.165) is 10.6 Å². The average molecular weight is 323 g/mol. The molecular weight excluding hydrogens is 302 g/mol. The van der Waals surface area contributed by atoms with Crippen molar-refractivity contribution < 1.29 is 19.1 Å². The highest BCUT2D eigenvalue weighted by Gasteiger charge is 2.41. The monoisotopic (exact) mass is 323 g/mol. The van der Waals surface area contributed by atoms with Crippen LogP contribution in [-0.4, -0.2) is 55.4 Å². The smallest absolute Gasteiger partial charge is 0.328 e. The summed E-state index contributed by atoms with van der Waals surface area (Å²) in [4.78, 5) is 27.3. The minimum absolute atomic E-state index is 0.140. The minimum Gasteiger partial charge on any atom is -0.467 e. The van der Waals surface area contributed by atoms with Crippen LogP contribution in [-0.2, 0) is 14.3 Å². The van der Waals surface area contributed by atoms with E-state index < -0.39 is 12.0 Å². The van der Waals surface area contributed by atoms with Crippen molar-refractivity contribution in [3.8, 4) is 0 Å². The number of hydrogen-bond acceptors (Lipinski definition) is 5. The molecule has 0 aliphatic carbocycles. The lowest BCUT2D eigenvalue weighted by Crippen LogP contribution is -2.41. The van der Waals surface area contributed by atoms with Gasteiger partial charge in [0, 0.05) is 25.0 Å². The summed E-state index contributed by atoms with van der Waals surface area (Å²) in [5.74, 6) is 0.339. The van der Waals surface area contributed by atoms with Gasteiger partial charge in [-0.2, -0.15) is 0 Å². The van der Waals surface area contributed by atoms with E-state index in [-0.39, 0.29) is 12.0 Å². The van der Waals surface area contributed by atoms with Crippen molar-refractivity contribution in [2.24, 2.45) is 0 Å². The van der Waals surface area contributed by atoms with Gasteiger partial charge in [-0.15, -0.1) is 11.8 Å². The van der Waals surface area contributed by atoms with Gasteiger partial charge >= 0.3 is 5.97 Å². The lowest BCUT2D eigenvalue weighted by atomic mass is 10.1. The van der Waals surface area contributed by atoms with Gasteiger partial charge in [0.2, 0.25) is 0 Å². The number of carbonyl (C=O) groups is 2. The third-order valence-electron chi connectivity index (χ3n) is 3.75. The molecule has 1 fully saturated rings. The summed E-state index contributed by atoms with van der Waals surface area (Å²) in [7, 11) is 2.93. The summed E-state index contributed by atoms with van der Waals surface area (Å²) in [5, 5.41) is 0. The maximum atomic E-state index is 12.9.